The number of ether oxygens (including phenoxy) is 1. The Balaban J connectivity index is 1.85. The Bertz CT molecular complexity index is 1050. The van der Waals surface area contributed by atoms with E-state index in [1.807, 2.05) is 24.4 Å². The first-order chi connectivity index (χ1) is 14.9. The Hall–Kier alpha value is -2.84. The summed E-state index contributed by atoms with van der Waals surface area (Å²) < 4.78 is 5.11. The van der Waals surface area contributed by atoms with Gasteiger partial charge in [-0.05, 0) is 36.9 Å². The van der Waals surface area contributed by atoms with Gasteiger partial charge in [0.1, 0.15) is 5.54 Å². The summed E-state index contributed by atoms with van der Waals surface area (Å²) in [6.07, 6.45) is 0.993. The van der Waals surface area contributed by atoms with E-state index in [1.54, 1.807) is 24.3 Å². The summed E-state index contributed by atoms with van der Waals surface area (Å²) >= 11 is 1.47. The van der Waals surface area contributed by atoms with E-state index >= 15 is 0 Å². The van der Waals surface area contributed by atoms with Gasteiger partial charge < -0.3 is 4.74 Å². The Morgan fingerprint density at radius 2 is 1.97 bits per heavy atom. The Labute approximate surface area is 184 Å². The van der Waals surface area contributed by atoms with Crippen LogP contribution in [-0.2, 0) is 19.1 Å². The van der Waals surface area contributed by atoms with Crippen LogP contribution in [0, 0.1) is 11.8 Å². The molecule has 0 bridgehead atoms. The highest BCUT2D eigenvalue weighted by atomic mass is 32.1. The number of fused-ring (bicyclic) bond motifs is 1. The molecule has 2 aliphatic rings. The van der Waals surface area contributed by atoms with Crippen LogP contribution in [0.25, 0.3) is 0 Å². The molecule has 2 aliphatic heterocycles. The van der Waals surface area contributed by atoms with Crippen LogP contribution in [0.5, 0.6) is 0 Å². The third-order valence-corrected chi connectivity index (χ3v) is 7.16. The fraction of sp³-hybridized carbons (Fsp3) is 0.391. The minimum atomic E-state index is -1.29. The number of nitrogens with one attached hydrogen (secondary N) is 1. The van der Waals surface area contributed by atoms with E-state index in [0.29, 0.717) is 24.1 Å². The SMILES string of the molecule is CCC[C@@]1(C(=O)OC)N[C@@H](c2cccs2)[C@H]2C(=O)N(c3cccc(C(C)=O)c3)C(=O)[C@@H]21. The highest BCUT2D eigenvalue weighted by Crippen LogP contribution is 2.52. The molecule has 1 aromatic carbocycles. The number of esters is 1. The monoisotopic (exact) mass is 440 g/mol. The van der Waals surface area contributed by atoms with Crippen molar-refractivity contribution in [1.82, 2.24) is 5.32 Å². The van der Waals surface area contributed by atoms with Crippen LogP contribution >= 0.6 is 11.3 Å². The second kappa shape index (κ2) is 8.01. The fourth-order valence-corrected chi connectivity index (χ4v) is 5.75. The van der Waals surface area contributed by atoms with Gasteiger partial charge in [0.2, 0.25) is 11.8 Å². The van der Waals surface area contributed by atoms with E-state index in [0.717, 1.165) is 9.78 Å². The summed E-state index contributed by atoms with van der Waals surface area (Å²) in [7, 11) is 1.30. The van der Waals surface area contributed by atoms with Crippen molar-refractivity contribution in [2.45, 2.75) is 38.3 Å². The van der Waals surface area contributed by atoms with Crippen LogP contribution in [0.15, 0.2) is 41.8 Å². The van der Waals surface area contributed by atoms with Crippen molar-refractivity contribution in [2.75, 3.05) is 12.0 Å². The molecule has 3 heterocycles. The van der Waals surface area contributed by atoms with Gasteiger partial charge in [-0.15, -0.1) is 11.3 Å². The average molecular weight is 441 g/mol. The maximum absolute atomic E-state index is 13.7. The first kappa shape index (κ1) is 21.4. The number of Topliss-reactive ketones (excluding diaryl/α,β-unsaturated/α-hetero) is 1. The highest BCUT2D eigenvalue weighted by molar-refractivity contribution is 7.10. The van der Waals surface area contributed by atoms with E-state index in [2.05, 4.69) is 5.32 Å². The predicted molar refractivity (Wildman–Crippen MR) is 116 cm³/mol. The number of nitrogens with zero attached hydrogens (tertiary/aromatic N) is 1. The molecule has 2 saturated heterocycles. The van der Waals surface area contributed by atoms with Crippen molar-refractivity contribution in [1.29, 1.82) is 0 Å². The molecule has 7 nitrogen and oxygen atoms in total. The van der Waals surface area contributed by atoms with E-state index < -0.39 is 35.3 Å². The topological polar surface area (TPSA) is 92.8 Å². The van der Waals surface area contributed by atoms with Crippen molar-refractivity contribution < 1.29 is 23.9 Å². The largest absolute Gasteiger partial charge is 0.468 e. The van der Waals surface area contributed by atoms with Crippen molar-refractivity contribution in [3.05, 3.63) is 52.2 Å². The number of rotatable bonds is 6. The van der Waals surface area contributed by atoms with E-state index in [1.165, 1.54) is 25.4 Å². The molecular weight excluding hydrogens is 416 g/mol. The zero-order valence-corrected chi connectivity index (χ0v) is 18.4. The molecule has 1 N–H and O–H groups in total. The molecule has 0 aliphatic carbocycles. The van der Waals surface area contributed by atoms with Crippen LogP contribution in [0.4, 0.5) is 5.69 Å². The molecule has 2 fully saturated rings. The zero-order chi connectivity index (χ0) is 22.3. The van der Waals surface area contributed by atoms with Gasteiger partial charge in [0.05, 0.1) is 30.7 Å². The maximum Gasteiger partial charge on any atom is 0.326 e. The summed E-state index contributed by atoms with van der Waals surface area (Å²) in [5.41, 5.74) is -0.532. The summed E-state index contributed by atoms with van der Waals surface area (Å²) in [6, 6.07) is 9.77. The molecule has 8 heteroatoms. The van der Waals surface area contributed by atoms with Gasteiger partial charge in [-0.1, -0.05) is 31.5 Å². The zero-order valence-electron chi connectivity index (χ0n) is 17.6. The summed E-state index contributed by atoms with van der Waals surface area (Å²) in [4.78, 5) is 54.2. The molecule has 0 saturated carbocycles. The summed E-state index contributed by atoms with van der Waals surface area (Å²) in [5.74, 6) is -3.14. The van der Waals surface area contributed by atoms with Crippen LogP contribution < -0.4 is 10.2 Å². The third kappa shape index (κ3) is 3.21. The van der Waals surface area contributed by atoms with Gasteiger partial charge in [-0.2, -0.15) is 0 Å². The van der Waals surface area contributed by atoms with Crippen molar-refractivity contribution in [3.8, 4) is 0 Å². The first-order valence-corrected chi connectivity index (χ1v) is 11.1. The van der Waals surface area contributed by atoms with E-state index in [-0.39, 0.29) is 11.7 Å². The quantitative estimate of drug-likeness (QED) is 0.422. The molecule has 0 radical (unpaired) electrons. The maximum atomic E-state index is 13.7. The van der Waals surface area contributed by atoms with E-state index in [9.17, 15) is 19.2 Å². The number of thiophene rings is 1. The molecule has 1 aromatic heterocycles. The molecule has 31 heavy (non-hydrogen) atoms. The van der Waals surface area contributed by atoms with Crippen LogP contribution in [0.3, 0.4) is 0 Å². The molecule has 162 valence electrons. The summed E-state index contributed by atoms with van der Waals surface area (Å²) in [6.45, 7) is 3.36. The van der Waals surface area contributed by atoms with Gasteiger partial charge in [0.25, 0.3) is 0 Å². The fourth-order valence-electron chi connectivity index (χ4n) is 4.93. The molecular formula is C23H24N2O5S. The third-order valence-electron chi connectivity index (χ3n) is 6.21. The number of amides is 2. The lowest BCUT2D eigenvalue weighted by molar-refractivity contribution is -0.152. The highest BCUT2D eigenvalue weighted by Gasteiger charge is 2.68. The number of benzene rings is 1. The standard InChI is InChI=1S/C23H24N2O5S/c1-4-10-23(22(29)30-3)18-17(19(24-23)16-9-6-11-31-16)20(27)25(21(18)28)15-8-5-7-14(12-15)13(2)26/h5-9,11-12,17-19,24H,4,10H2,1-3H3/t17-,18+,19-,23+/m0/s1. The number of hydrogen-bond donors (Lipinski definition) is 1. The van der Waals surface area contributed by atoms with Crippen LogP contribution in [0.2, 0.25) is 0 Å². The smallest absolute Gasteiger partial charge is 0.326 e. The van der Waals surface area contributed by atoms with Gasteiger partial charge >= 0.3 is 5.97 Å². The van der Waals surface area contributed by atoms with Gasteiger partial charge in [0.15, 0.2) is 5.78 Å². The number of anilines is 1. The molecule has 0 spiro atoms. The van der Waals surface area contributed by atoms with Gasteiger partial charge in [-0.25, -0.2) is 4.90 Å². The molecule has 4 atom stereocenters. The molecule has 2 aromatic rings. The second-order valence-electron chi connectivity index (χ2n) is 7.97. The van der Waals surface area contributed by atoms with E-state index in [4.69, 9.17) is 4.74 Å². The lowest BCUT2D eigenvalue weighted by atomic mass is 9.77. The number of imide groups is 1. The first-order valence-electron chi connectivity index (χ1n) is 10.2. The number of carbonyl (C=O) groups excluding carboxylic acids is 4. The van der Waals surface area contributed by atoms with Crippen LogP contribution in [-0.4, -0.2) is 36.2 Å². The van der Waals surface area contributed by atoms with Gasteiger partial charge in [-0.3, -0.25) is 24.5 Å². The predicted octanol–water partition coefficient (Wildman–Crippen LogP) is 3.11. The van der Waals surface area contributed by atoms with Crippen molar-refractivity contribution in [3.63, 3.8) is 0 Å². The second-order valence-corrected chi connectivity index (χ2v) is 8.95. The number of methoxy groups -OCH3 is 1. The number of carbonyl (C=O) groups is 4. The Morgan fingerprint density at radius 3 is 2.58 bits per heavy atom. The lowest BCUT2D eigenvalue weighted by Crippen LogP contribution is -2.56. The number of hydrogen-bond acceptors (Lipinski definition) is 7. The Morgan fingerprint density at radius 1 is 1.19 bits per heavy atom. The molecule has 0 unspecified atom stereocenters. The van der Waals surface area contributed by atoms with Gasteiger partial charge in [0, 0.05) is 10.4 Å². The van der Waals surface area contributed by atoms with Crippen molar-refractivity contribution >= 4 is 40.6 Å². The lowest BCUT2D eigenvalue weighted by Gasteiger charge is -2.32. The minimum absolute atomic E-state index is 0.158. The minimum Gasteiger partial charge on any atom is -0.468 e. The normalized spacial score (nSPS) is 27.5. The molecule has 2 amide bonds. The molecule has 4 rings (SSSR count). The average Bonchev–Trinajstić information content (AvgIpc) is 3.45. The Kier molecular flexibility index (Phi) is 5.53. The number of ketones is 1. The van der Waals surface area contributed by atoms with Crippen LogP contribution in [0.1, 0.15) is 48.0 Å². The summed E-state index contributed by atoms with van der Waals surface area (Å²) in [5, 5.41) is 5.24. The van der Waals surface area contributed by atoms with Crippen molar-refractivity contribution in [2.24, 2.45) is 11.8 Å².